The average molecular weight is 311 g/mol. The minimum atomic E-state index is -0.0750. The number of hydrogen-bond acceptors (Lipinski definition) is 2. The molecule has 0 heterocycles. The maximum absolute atomic E-state index is 11.7. The van der Waals surface area contributed by atoms with Gasteiger partial charge in [0.1, 0.15) is 0 Å². The van der Waals surface area contributed by atoms with Gasteiger partial charge in [-0.05, 0) is 30.3 Å². The van der Waals surface area contributed by atoms with Crippen LogP contribution in [0.25, 0.3) is 0 Å². The Morgan fingerprint density at radius 3 is 2.53 bits per heavy atom. The van der Waals surface area contributed by atoms with Crippen molar-refractivity contribution >= 4 is 38.9 Å². The summed E-state index contributed by atoms with van der Waals surface area (Å²) in [6.45, 7) is 0. The maximum atomic E-state index is 11.7. The van der Waals surface area contributed by atoms with Crippen LogP contribution in [0.15, 0.2) is 57.8 Å². The van der Waals surface area contributed by atoms with Gasteiger partial charge in [-0.1, -0.05) is 45.7 Å². The van der Waals surface area contributed by atoms with Gasteiger partial charge in [0.15, 0.2) is 0 Å². The minimum absolute atomic E-state index is 0.0750. The Morgan fingerprint density at radius 2 is 1.76 bits per heavy atom. The average Bonchev–Trinajstić information content (AvgIpc) is 2.48. The van der Waals surface area contributed by atoms with Gasteiger partial charge in [-0.3, -0.25) is 4.79 Å². The molecule has 0 aliphatic rings. The summed E-state index contributed by atoms with van der Waals surface area (Å²) < 4.78 is 0.897. The van der Waals surface area contributed by atoms with Crippen molar-refractivity contribution in [3.05, 3.63) is 68.2 Å². The number of rotatable bonds is 2. The molecule has 2 aromatic rings. The minimum Gasteiger partial charge on any atom is -0.351 e. The van der Waals surface area contributed by atoms with E-state index in [4.69, 9.17) is 11.6 Å². The first-order chi connectivity index (χ1) is 8.16. The lowest BCUT2D eigenvalue weighted by atomic mass is 10.3. The molecule has 2 aromatic carbocycles. The molecular formula is C13H9BrClNO. The van der Waals surface area contributed by atoms with Crippen molar-refractivity contribution in [2.24, 2.45) is 0 Å². The zero-order valence-electron chi connectivity index (χ0n) is 8.78. The first-order valence-corrected chi connectivity index (χ1v) is 6.15. The van der Waals surface area contributed by atoms with Crippen LogP contribution in [0.4, 0.5) is 11.4 Å². The smallest absolute Gasteiger partial charge is 0.201 e. The summed E-state index contributed by atoms with van der Waals surface area (Å²) in [4.78, 5) is 11.7. The molecule has 0 radical (unpaired) electrons. The van der Waals surface area contributed by atoms with Gasteiger partial charge in [0, 0.05) is 4.47 Å². The molecule has 0 aromatic heterocycles. The molecule has 2 nitrogen and oxygen atoms in total. The summed E-state index contributed by atoms with van der Waals surface area (Å²) >= 11 is 9.40. The third-order valence-electron chi connectivity index (χ3n) is 2.20. The standard InChI is InChI=1S/C13H9BrClNO/c14-9-6-7-11(10(15)8-9)16-12-4-2-1-3-5-13(12)17/h1-8H,(H,16,17). The Bertz CT molecular complexity index is 601. The second-order valence-electron chi connectivity index (χ2n) is 3.44. The van der Waals surface area contributed by atoms with Crippen molar-refractivity contribution in [3.8, 4) is 0 Å². The van der Waals surface area contributed by atoms with Crippen LogP contribution in [0.1, 0.15) is 0 Å². The van der Waals surface area contributed by atoms with E-state index in [1.807, 2.05) is 12.1 Å². The van der Waals surface area contributed by atoms with E-state index in [-0.39, 0.29) is 5.43 Å². The van der Waals surface area contributed by atoms with Crippen LogP contribution in [0.3, 0.4) is 0 Å². The molecule has 0 amide bonds. The molecule has 0 atom stereocenters. The van der Waals surface area contributed by atoms with E-state index < -0.39 is 0 Å². The molecule has 0 aliphatic heterocycles. The number of nitrogens with one attached hydrogen (secondary N) is 1. The second kappa shape index (κ2) is 5.34. The van der Waals surface area contributed by atoms with E-state index in [1.165, 1.54) is 6.07 Å². The van der Waals surface area contributed by atoms with E-state index in [2.05, 4.69) is 21.2 Å². The molecule has 0 fully saturated rings. The van der Waals surface area contributed by atoms with Crippen LogP contribution in [0.5, 0.6) is 0 Å². The summed E-state index contributed by atoms with van der Waals surface area (Å²) in [5.74, 6) is 0. The largest absolute Gasteiger partial charge is 0.351 e. The predicted octanol–water partition coefficient (Wildman–Crippen LogP) is 4.21. The second-order valence-corrected chi connectivity index (χ2v) is 4.76. The van der Waals surface area contributed by atoms with Crippen molar-refractivity contribution in [1.29, 1.82) is 0 Å². The Morgan fingerprint density at radius 1 is 1.00 bits per heavy atom. The molecule has 0 spiro atoms. The van der Waals surface area contributed by atoms with Crippen molar-refractivity contribution in [2.75, 3.05) is 5.32 Å². The van der Waals surface area contributed by atoms with E-state index >= 15 is 0 Å². The van der Waals surface area contributed by atoms with Gasteiger partial charge in [0.25, 0.3) is 0 Å². The summed E-state index contributed by atoms with van der Waals surface area (Å²) in [6, 6.07) is 14.0. The molecule has 0 aliphatic carbocycles. The van der Waals surface area contributed by atoms with Crippen LogP contribution >= 0.6 is 27.5 Å². The van der Waals surface area contributed by atoms with Crippen molar-refractivity contribution in [2.45, 2.75) is 0 Å². The zero-order chi connectivity index (χ0) is 12.3. The Hall–Kier alpha value is -1.32. The molecule has 86 valence electrons. The lowest BCUT2D eigenvalue weighted by molar-refractivity contribution is 1.52. The van der Waals surface area contributed by atoms with Crippen molar-refractivity contribution in [1.82, 2.24) is 0 Å². The fourth-order valence-corrected chi connectivity index (χ4v) is 2.09. The third kappa shape index (κ3) is 3.08. The normalized spacial score (nSPS) is 10.0. The van der Waals surface area contributed by atoms with Crippen molar-refractivity contribution < 1.29 is 0 Å². The molecule has 2 rings (SSSR count). The highest BCUT2D eigenvalue weighted by atomic mass is 79.9. The Labute approximate surface area is 112 Å². The van der Waals surface area contributed by atoms with Crippen LogP contribution < -0.4 is 10.7 Å². The molecular weight excluding hydrogens is 302 g/mol. The molecule has 0 bridgehead atoms. The summed E-state index contributed by atoms with van der Waals surface area (Å²) in [6.07, 6.45) is 0. The van der Waals surface area contributed by atoms with Crippen LogP contribution in [0.2, 0.25) is 5.02 Å². The SMILES string of the molecule is O=c1cccccc1Nc1ccc(Br)cc1Cl. The number of halogens is 2. The van der Waals surface area contributed by atoms with Gasteiger partial charge in [0.2, 0.25) is 5.43 Å². The molecule has 17 heavy (non-hydrogen) atoms. The predicted molar refractivity (Wildman–Crippen MR) is 75.1 cm³/mol. The Kier molecular flexibility index (Phi) is 3.82. The molecule has 0 unspecified atom stereocenters. The van der Waals surface area contributed by atoms with E-state index in [9.17, 15) is 4.79 Å². The van der Waals surface area contributed by atoms with Gasteiger partial charge < -0.3 is 5.32 Å². The van der Waals surface area contributed by atoms with Crippen LogP contribution in [-0.2, 0) is 0 Å². The zero-order valence-corrected chi connectivity index (χ0v) is 11.1. The summed E-state index contributed by atoms with van der Waals surface area (Å²) in [5.41, 5.74) is 1.13. The fourth-order valence-electron chi connectivity index (χ4n) is 1.37. The highest BCUT2D eigenvalue weighted by Gasteiger charge is 2.02. The number of benzene rings is 1. The first kappa shape index (κ1) is 12.1. The molecule has 0 saturated carbocycles. The van der Waals surface area contributed by atoms with E-state index in [0.717, 1.165) is 4.47 Å². The van der Waals surface area contributed by atoms with Gasteiger partial charge in [-0.15, -0.1) is 0 Å². The lowest BCUT2D eigenvalue weighted by Gasteiger charge is -2.06. The lowest BCUT2D eigenvalue weighted by Crippen LogP contribution is -2.03. The maximum Gasteiger partial charge on any atom is 0.201 e. The monoisotopic (exact) mass is 309 g/mol. The van der Waals surface area contributed by atoms with Crippen molar-refractivity contribution in [3.63, 3.8) is 0 Å². The molecule has 1 N–H and O–H groups in total. The topological polar surface area (TPSA) is 29.1 Å². The number of anilines is 2. The van der Waals surface area contributed by atoms with Gasteiger partial charge in [-0.2, -0.15) is 0 Å². The third-order valence-corrected chi connectivity index (χ3v) is 3.00. The first-order valence-electron chi connectivity index (χ1n) is 4.98. The van der Waals surface area contributed by atoms with Crippen LogP contribution in [-0.4, -0.2) is 0 Å². The van der Waals surface area contributed by atoms with E-state index in [1.54, 1.807) is 30.3 Å². The summed E-state index contributed by atoms with van der Waals surface area (Å²) in [7, 11) is 0. The molecule has 0 saturated heterocycles. The highest BCUT2D eigenvalue weighted by molar-refractivity contribution is 9.10. The van der Waals surface area contributed by atoms with Gasteiger partial charge in [-0.25, -0.2) is 0 Å². The highest BCUT2D eigenvalue weighted by Crippen LogP contribution is 2.27. The van der Waals surface area contributed by atoms with E-state index in [0.29, 0.717) is 16.4 Å². The Balaban J connectivity index is 2.39. The quantitative estimate of drug-likeness (QED) is 0.900. The van der Waals surface area contributed by atoms with Gasteiger partial charge >= 0.3 is 0 Å². The fraction of sp³-hybridized carbons (Fsp3) is 0. The molecule has 4 heteroatoms. The van der Waals surface area contributed by atoms with Crippen LogP contribution in [0, 0.1) is 0 Å². The van der Waals surface area contributed by atoms with Gasteiger partial charge in [0.05, 0.1) is 16.4 Å². The number of hydrogen-bond donors (Lipinski definition) is 1. The summed E-state index contributed by atoms with van der Waals surface area (Å²) in [5, 5.41) is 3.58.